The summed E-state index contributed by atoms with van der Waals surface area (Å²) >= 11 is 0. The van der Waals surface area contributed by atoms with Gasteiger partial charge in [0.25, 0.3) is 0 Å². The van der Waals surface area contributed by atoms with E-state index in [1.54, 1.807) is 0 Å². The molecule has 1 saturated heterocycles. The van der Waals surface area contributed by atoms with Crippen LogP contribution in [0.25, 0.3) is 0 Å². The summed E-state index contributed by atoms with van der Waals surface area (Å²) in [5, 5.41) is 9.08. The maximum Gasteiger partial charge on any atom is 0.320 e. The second-order valence-corrected chi connectivity index (χ2v) is 4.51. The normalized spacial score (nSPS) is 20.4. The summed E-state index contributed by atoms with van der Waals surface area (Å²) in [6, 6.07) is -0.333. The molecule has 3 N–H and O–H groups in total. The van der Waals surface area contributed by atoms with E-state index in [9.17, 15) is 4.79 Å². The van der Waals surface area contributed by atoms with Gasteiger partial charge in [-0.15, -0.1) is 0 Å². The summed E-state index contributed by atoms with van der Waals surface area (Å²) in [5.74, 6) is -0.713. The van der Waals surface area contributed by atoms with E-state index in [1.165, 1.54) is 0 Å². The average Bonchev–Trinajstić information content (AvgIpc) is 2.32. The highest BCUT2D eigenvalue weighted by Crippen LogP contribution is 2.17. The number of nitrogens with zero attached hydrogens (tertiary/aromatic N) is 1. The van der Waals surface area contributed by atoms with E-state index in [4.69, 9.17) is 15.6 Å². The first kappa shape index (κ1) is 14.4. The topological polar surface area (TPSA) is 75.8 Å². The quantitative estimate of drug-likeness (QED) is 0.644. The van der Waals surface area contributed by atoms with E-state index in [0.29, 0.717) is 13.0 Å². The molecule has 0 bridgehead atoms. The van der Waals surface area contributed by atoms with Crippen molar-refractivity contribution in [1.29, 1.82) is 0 Å². The molecule has 1 atom stereocenters. The van der Waals surface area contributed by atoms with Crippen molar-refractivity contribution in [3.05, 3.63) is 0 Å². The van der Waals surface area contributed by atoms with E-state index in [1.807, 2.05) is 11.8 Å². The SMILES string of the molecule is CCC(C(=O)O)N1CCC(OCCCN)CC1. The minimum Gasteiger partial charge on any atom is -0.480 e. The van der Waals surface area contributed by atoms with Gasteiger partial charge in [-0.2, -0.15) is 0 Å². The Balaban J connectivity index is 2.27. The fraction of sp³-hybridized carbons (Fsp3) is 0.917. The number of nitrogens with two attached hydrogens (primary N) is 1. The van der Waals surface area contributed by atoms with Crippen LogP contribution >= 0.6 is 0 Å². The maximum atomic E-state index is 11.0. The zero-order valence-electron chi connectivity index (χ0n) is 10.6. The van der Waals surface area contributed by atoms with Gasteiger partial charge in [-0.1, -0.05) is 6.92 Å². The summed E-state index contributed by atoms with van der Waals surface area (Å²) in [4.78, 5) is 13.1. The first-order valence-electron chi connectivity index (χ1n) is 6.47. The smallest absolute Gasteiger partial charge is 0.320 e. The number of likely N-dealkylation sites (tertiary alicyclic amines) is 1. The second-order valence-electron chi connectivity index (χ2n) is 4.51. The predicted molar refractivity (Wildman–Crippen MR) is 65.9 cm³/mol. The second kappa shape index (κ2) is 7.63. The summed E-state index contributed by atoms with van der Waals surface area (Å²) in [5.41, 5.74) is 5.40. The highest BCUT2D eigenvalue weighted by molar-refractivity contribution is 5.73. The van der Waals surface area contributed by atoms with Crippen LogP contribution in [0, 0.1) is 0 Å². The van der Waals surface area contributed by atoms with Gasteiger partial charge in [0.05, 0.1) is 6.10 Å². The molecule has 0 aromatic heterocycles. The van der Waals surface area contributed by atoms with Gasteiger partial charge in [-0.3, -0.25) is 9.69 Å². The van der Waals surface area contributed by atoms with Crippen LogP contribution in [0.2, 0.25) is 0 Å². The average molecular weight is 244 g/mol. The number of hydrogen-bond donors (Lipinski definition) is 2. The Morgan fingerprint density at radius 3 is 2.65 bits per heavy atom. The van der Waals surface area contributed by atoms with E-state index in [2.05, 4.69) is 0 Å². The molecule has 1 heterocycles. The zero-order chi connectivity index (χ0) is 12.7. The molecule has 0 radical (unpaired) electrons. The summed E-state index contributed by atoms with van der Waals surface area (Å²) in [6.45, 7) is 4.94. The van der Waals surface area contributed by atoms with Gasteiger partial charge in [-0.25, -0.2) is 0 Å². The van der Waals surface area contributed by atoms with Crippen molar-refractivity contribution in [3.8, 4) is 0 Å². The highest BCUT2D eigenvalue weighted by atomic mass is 16.5. The maximum absolute atomic E-state index is 11.0. The fourth-order valence-corrected chi connectivity index (χ4v) is 2.28. The largest absolute Gasteiger partial charge is 0.480 e. The van der Waals surface area contributed by atoms with Crippen molar-refractivity contribution >= 4 is 5.97 Å². The molecule has 5 nitrogen and oxygen atoms in total. The standard InChI is InChI=1S/C12H24N2O3/c1-2-11(12(15)16)14-7-4-10(5-8-14)17-9-3-6-13/h10-11H,2-9,13H2,1H3,(H,15,16). The third-order valence-electron chi connectivity index (χ3n) is 3.29. The van der Waals surface area contributed by atoms with Crippen LogP contribution in [-0.4, -0.2) is 54.4 Å². The van der Waals surface area contributed by atoms with Gasteiger partial charge in [0.15, 0.2) is 0 Å². The lowest BCUT2D eigenvalue weighted by atomic mass is 10.0. The van der Waals surface area contributed by atoms with Crippen LogP contribution in [0.4, 0.5) is 0 Å². The van der Waals surface area contributed by atoms with E-state index in [0.717, 1.165) is 39.0 Å². The van der Waals surface area contributed by atoms with Crippen molar-refractivity contribution in [2.45, 2.75) is 44.8 Å². The first-order chi connectivity index (χ1) is 8.19. The van der Waals surface area contributed by atoms with Crippen LogP contribution in [0.3, 0.4) is 0 Å². The Labute approximate surface area is 103 Å². The van der Waals surface area contributed by atoms with Crippen molar-refractivity contribution < 1.29 is 14.6 Å². The molecule has 1 aliphatic heterocycles. The number of carboxylic acids is 1. The molecule has 1 unspecified atom stereocenters. The van der Waals surface area contributed by atoms with Gasteiger partial charge in [0.1, 0.15) is 6.04 Å². The van der Waals surface area contributed by atoms with Crippen LogP contribution in [-0.2, 0) is 9.53 Å². The van der Waals surface area contributed by atoms with Gasteiger partial charge in [-0.05, 0) is 32.2 Å². The Morgan fingerprint density at radius 1 is 1.53 bits per heavy atom. The molecule has 1 rings (SSSR count). The van der Waals surface area contributed by atoms with Crippen molar-refractivity contribution in [1.82, 2.24) is 4.90 Å². The fourth-order valence-electron chi connectivity index (χ4n) is 2.28. The molecule has 5 heteroatoms. The predicted octanol–water partition coefficient (Wildman–Crippen LogP) is 0.679. The lowest BCUT2D eigenvalue weighted by Gasteiger charge is -2.35. The minimum atomic E-state index is -0.713. The molecular weight excluding hydrogens is 220 g/mol. The number of piperidine rings is 1. The van der Waals surface area contributed by atoms with Crippen molar-refractivity contribution in [2.75, 3.05) is 26.2 Å². The van der Waals surface area contributed by atoms with E-state index >= 15 is 0 Å². The van der Waals surface area contributed by atoms with Crippen LogP contribution in [0.1, 0.15) is 32.6 Å². The molecular formula is C12H24N2O3. The molecule has 0 spiro atoms. The van der Waals surface area contributed by atoms with E-state index in [-0.39, 0.29) is 12.1 Å². The van der Waals surface area contributed by atoms with Crippen LogP contribution < -0.4 is 5.73 Å². The van der Waals surface area contributed by atoms with Crippen molar-refractivity contribution in [2.24, 2.45) is 5.73 Å². The van der Waals surface area contributed by atoms with Gasteiger partial charge < -0.3 is 15.6 Å². The Hall–Kier alpha value is -0.650. The molecule has 17 heavy (non-hydrogen) atoms. The molecule has 1 fully saturated rings. The summed E-state index contributed by atoms with van der Waals surface area (Å²) in [7, 11) is 0. The number of carbonyl (C=O) groups is 1. The lowest BCUT2D eigenvalue weighted by Crippen LogP contribution is -2.46. The lowest BCUT2D eigenvalue weighted by molar-refractivity contribution is -0.144. The number of ether oxygens (including phenoxy) is 1. The molecule has 1 aliphatic rings. The molecule has 100 valence electrons. The van der Waals surface area contributed by atoms with Gasteiger partial charge >= 0.3 is 5.97 Å². The third kappa shape index (κ3) is 4.61. The molecule has 0 aromatic rings. The first-order valence-corrected chi connectivity index (χ1v) is 6.47. The molecule has 0 amide bonds. The Kier molecular flexibility index (Phi) is 6.47. The number of hydrogen-bond acceptors (Lipinski definition) is 4. The summed E-state index contributed by atoms with van der Waals surface area (Å²) < 4.78 is 5.69. The van der Waals surface area contributed by atoms with Gasteiger partial charge in [0.2, 0.25) is 0 Å². The minimum absolute atomic E-state index is 0.282. The molecule has 0 aromatic carbocycles. The van der Waals surface area contributed by atoms with Crippen LogP contribution in [0.5, 0.6) is 0 Å². The summed E-state index contributed by atoms with van der Waals surface area (Å²) in [6.07, 6.45) is 3.69. The Bertz CT molecular complexity index is 228. The molecule has 0 aliphatic carbocycles. The van der Waals surface area contributed by atoms with Crippen LogP contribution in [0.15, 0.2) is 0 Å². The Morgan fingerprint density at radius 2 is 2.18 bits per heavy atom. The number of aliphatic carboxylic acids is 1. The van der Waals surface area contributed by atoms with E-state index < -0.39 is 5.97 Å². The van der Waals surface area contributed by atoms with Crippen molar-refractivity contribution in [3.63, 3.8) is 0 Å². The number of rotatable bonds is 7. The molecule has 0 saturated carbocycles. The van der Waals surface area contributed by atoms with Gasteiger partial charge in [0, 0.05) is 19.7 Å². The number of carboxylic acid groups (broad SMARTS) is 1. The third-order valence-corrected chi connectivity index (χ3v) is 3.29. The highest BCUT2D eigenvalue weighted by Gasteiger charge is 2.28. The monoisotopic (exact) mass is 244 g/mol. The zero-order valence-corrected chi connectivity index (χ0v) is 10.6.